The van der Waals surface area contributed by atoms with Crippen molar-refractivity contribution >= 4 is 69.1 Å². The maximum atomic E-state index is 13.0. The van der Waals surface area contributed by atoms with Crippen molar-refractivity contribution in [1.82, 2.24) is 0 Å². The van der Waals surface area contributed by atoms with Crippen LogP contribution in [0.5, 0.6) is 0 Å². The van der Waals surface area contributed by atoms with Crippen LogP contribution in [-0.4, -0.2) is 48.6 Å². The number of amides is 3. The molecule has 4 aromatic rings. The SMILES string of the molecule is COC(=O)c1c(-c2ccc(C)cc2)csc1NC(=O)COC(=O)c1ccc(N2C(=O)CC(Sc3cccc(N)c3)C2=O)cc1. The van der Waals surface area contributed by atoms with Gasteiger partial charge in [0.25, 0.3) is 5.91 Å². The van der Waals surface area contributed by atoms with E-state index in [2.05, 4.69) is 5.32 Å². The minimum absolute atomic E-state index is 0.0334. The van der Waals surface area contributed by atoms with E-state index in [1.54, 1.807) is 23.6 Å². The first kappa shape index (κ1) is 30.5. The van der Waals surface area contributed by atoms with Gasteiger partial charge < -0.3 is 20.5 Å². The number of nitrogens with one attached hydrogen (secondary N) is 1. The van der Waals surface area contributed by atoms with Crippen LogP contribution in [0.4, 0.5) is 16.4 Å². The number of aryl methyl sites for hydroxylation is 1. The molecule has 5 rings (SSSR count). The van der Waals surface area contributed by atoms with Crippen LogP contribution in [0.25, 0.3) is 11.1 Å². The summed E-state index contributed by atoms with van der Waals surface area (Å²) in [7, 11) is 1.26. The van der Waals surface area contributed by atoms with E-state index in [1.807, 2.05) is 37.3 Å². The van der Waals surface area contributed by atoms with Crippen LogP contribution in [0.3, 0.4) is 0 Å². The van der Waals surface area contributed by atoms with E-state index in [-0.39, 0.29) is 34.4 Å². The molecule has 0 radical (unpaired) electrons. The van der Waals surface area contributed by atoms with Crippen LogP contribution in [0.15, 0.2) is 83.1 Å². The lowest BCUT2D eigenvalue weighted by atomic mass is 10.0. The van der Waals surface area contributed by atoms with Gasteiger partial charge in [-0.05, 0) is 55.0 Å². The molecule has 2 heterocycles. The number of anilines is 3. The van der Waals surface area contributed by atoms with Gasteiger partial charge in [0.15, 0.2) is 6.61 Å². The van der Waals surface area contributed by atoms with Crippen molar-refractivity contribution in [2.24, 2.45) is 0 Å². The maximum Gasteiger partial charge on any atom is 0.341 e. The summed E-state index contributed by atoms with van der Waals surface area (Å²) in [5.41, 5.74) is 9.49. The van der Waals surface area contributed by atoms with Crippen molar-refractivity contribution in [2.45, 2.75) is 23.5 Å². The minimum atomic E-state index is -0.777. The predicted octanol–water partition coefficient (Wildman–Crippen LogP) is 5.31. The van der Waals surface area contributed by atoms with E-state index < -0.39 is 29.7 Å². The second kappa shape index (κ2) is 13.1. The molecule has 1 aliphatic heterocycles. The number of thioether (sulfide) groups is 1. The second-order valence-electron chi connectivity index (χ2n) is 9.83. The average molecular weight is 630 g/mol. The normalized spacial score (nSPS) is 14.4. The Morgan fingerprint density at radius 2 is 1.75 bits per heavy atom. The van der Waals surface area contributed by atoms with Crippen molar-refractivity contribution in [3.63, 3.8) is 0 Å². The fourth-order valence-electron chi connectivity index (χ4n) is 4.54. The smallest absolute Gasteiger partial charge is 0.341 e. The first-order valence-corrected chi connectivity index (χ1v) is 15.1. The van der Waals surface area contributed by atoms with Crippen LogP contribution < -0.4 is 16.0 Å². The highest BCUT2D eigenvalue weighted by atomic mass is 32.2. The third-order valence-corrected chi connectivity index (χ3v) is 8.81. The molecule has 1 fully saturated rings. The highest BCUT2D eigenvalue weighted by molar-refractivity contribution is 8.00. The summed E-state index contributed by atoms with van der Waals surface area (Å²) in [4.78, 5) is 65.5. The number of imide groups is 1. The molecule has 3 N–H and O–H groups in total. The molecule has 224 valence electrons. The van der Waals surface area contributed by atoms with E-state index in [1.165, 1.54) is 43.1 Å². The average Bonchev–Trinajstić information content (AvgIpc) is 3.55. The van der Waals surface area contributed by atoms with Crippen molar-refractivity contribution in [1.29, 1.82) is 0 Å². The Hall–Kier alpha value is -4.94. The molecule has 1 aliphatic rings. The number of nitrogen functional groups attached to an aromatic ring is 1. The van der Waals surface area contributed by atoms with Crippen molar-refractivity contribution < 1.29 is 33.4 Å². The molecule has 0 spiro atoms. The van der Waals surface area contributed by atoms with E-state index in [0.29, 0.717) is 16.9 Å². The summed E-state index contributed by atoms with van der Waals surface area (Å²) in [5.74, 6) is -2.75. The first-order valence-electron chi connectivity index (χ1n) is 13.4. The van der Waals surface area contributed by atoms with Gasteiger partial charge in [-0.25, -0.2) is 14.5 Å². The lowest BCUT2D eigenvalue weighted by Crippen LogP contribution is -2.31. The molecule has 44 heavy (non-hydrogen) atoms. The van der Waals surface area contributed by atoms with Gasteiger partial charge in [-0.1, -0.05) is 35.9 Å². The Morgan fingerprint density at radius 1 is 1.02 bits per heavy atom. The molecule has 1 aromatic heterocycles. The van der Waals surface area contributed by atoms with Gasteiger partial charge in [-0.3, -0.25) is 14.4 Å². The Balaban J connectivity index is 1.20. The van der Waals surface area contributed by atoms with Gasteiger partial charge in [-0.2, -0.15) is 0 Å². The summed E-state index contributed by atoms with van der Waals surface area (Å²) in [6.45, 7) is 1.35. The molecular weight excluding hydrogens is 603 g/mol. The van der Waals surface area contributed by atoms with Gasteiger partial charge in [0, 0.05) is 27.9 Å². The number of benzene rings is 3. The molecule has 0 saturated carbocycles. The van der Waals surface area contributed by atoms with E-state index in [0.717, 1.165) is 32.3 Å². The molecule has 0 bridgehead atoms. The molecule has 1 atom stereocenters. The van der Waals surface area contributed by atoms with Gasteiger partial charge in [0.1, 0.15) is 10.6 Å². The Morgan fingerprint density at radius 3 is 2.43 bits per heavy atom. The predicted molar refractivity (Wildman–Crippen MR) is 169 cm³/mol. The third-order valence-electron chi connectivity index (χ3n) is 6.73. The highest BCUT2D eigenvalue weighted by Crippen LogP contribution is 2.37. The van der Waals surface area contributed by atoms with Gasteiger partial charge in [0.05, 0.1) is 23.6 Å². The highest BCUT2D eigenvalue weighted by Gasteiger charge is 2.40. The molecule has 1 saturated heterocycles. The number of hydrogen-bond donors (Lipinski definition) is 2. The topological polar surface area (TPSA) is 145 Å². The molecule has 3 amide bonds. The van der Waals surface area contributed by atoms with E-state index >= 15 is 0 Å². The Kier molecular flexibility index (Phi) is 9.12. The zero-order valence-electron chi connectivity index (χ0n) is 23.7. The number of methoxy groups -OCH3 is 1. The lowest BCUT2D eigenvalue weighted by Gasteiger charge is -2.15. The van der Waals surface area contributed by atoms with Crippen LogP contribution in [0, 0.1) is 6.92 Å². The number of rotatable bonds is 9. The van der Waals surface area contributed by atoms with Crippen molar-refractivity contribution in [2.75, 3.05) is 29.7 Å². The monoisotopic (exact) mass is 629 g/mol. The van der Waals surface area contributed by atoms with Crippen LogP contribution >= 0.6 is 23.1 Å². The molecule has 1 unspecified atom stereocenters. The number of ether oxygens (including phenoxy) is 2. The number of esters is 2. The lowest BCUT2D eigenvalue weighted by molar-refractivity contribution is -0.121. The molecular formula is C32H27N3O7S2. The van der Waals surface area contributed by atoms with Gasteiger partial charge >= 0.3 is 11.9 Å². The summed E-state index contributed by atoms with van der Waals surface area (Å²) in [5, 5.41) is 4.04. The molecule has 0 aliphatic carbocycles. The number of carbonyl (C=O) groups is 5. The zero-order chi connectivity index (χ0) is 31.4. The summed E-state index contributed by atoms with van der Waals surface area (Å²) >= 11 is 2.42. The largest absolute Gasteiger partial charge is 0.465 e. The van der Waals surface area contributed by atoms with Crippen LogP contribution in [0.1, 0.15) is 32.7 Å². The number of carbonyl (C=O) groups excluding carboxylic acids is 5. The molecule has 10 nitrogen and oxygen atoms in total. The Labute approximate surface area is 261 Å². The van der Waals surface area contributed by atoms with E-state index in [9.17, 15) is 24.0 Å². The number of hydrogen-bond acceptors (Lipinski definition) is 10. The minimum Gasteiger partial charge on any atom is -0.465 e. The third kappa shape index (κ3) is 6.66. The quantitative estimate of drug-likeness (QED) is 0.143. The Bertz CT molecular complexity index is 1750. The fraction of sp³-hybridized carbons (Fsp3) is 0.156. The van der Waals surface area contributed by atoms with Gasteiger partial charge in [-0.15, -0.1) is 23.1 Å². The summed E-state index contributed by atoms with van der Waals surface area (Å²) < 4.78 is 10.1. The number of nitrogens with two attached hydrogens (primary N) is 1. The summed E-state index contributed by atoms with van der Waals surface area (Å²) in [6.07, 6.45) is 0.0334. The maximum absolute atomic E-state index is 13.0. The molecule has 12 heteroatoms. The fourth-order valence-corrected chi connectivity index (χ4v) is 6.64. The number of nitrogens with zero attached hydrogens (tertiary/aromatic N) is 1. The second-order valence-corrected chi connectivity index (χ2v) is 12.0. The van der Waals surface area contributed by atoms with Crippen molar-refractivity contribution in [3.05, 3.63) is 94.9 Å². The van der Waals surface area contributed by atoms with Gasteiger partial charge in [0.2, 0.25) is 11.8 Å². The van der Waals surface area contributed by atoms with E-state index in [4.69, 9.17) is 15.2 Å². The summed E-state index contributed by atoms with van der Waals surface area (Å²) in [6, 6.07) is 20.4. The first-order chi connectivity index (χ1) is 21.1. The van der Waals surface area contributed by atoms with Crippen molar-refractivity contribution in [3.8, 4) is 11.1 Å². The standard InChI is InChI=1S/C32H27N3O7S2/c1-18-6-8-19(9-7-18)24-17-43-29(28(24)32(40)41-2)34-26(36)16-42-31(39)20-10-12-22(13-11-20)35-27(37)15-25(30(35)38)44-23-5-3-4-21(33)14-23/h3-14,17,25H,15-16,33H2,1-2H3,(H,34,36). The van der Waals surface area contributed by atoms with Crippen LogP contribution in [0.2, 0.25) is 0 Å². The number of thiophene rings is 1. The molecule has 3 aromatic carbocycles. The zero-order valence-corrected chi connectivity index (χ0v) is 25.3. The van der Waals surface area contributed by atoms with Crippen LogP contribution in [-0.2, 0) is 23.9 Å².